The molecule has 0 bridgehead atoms. The fourth-order valence-corrected chi connectivity index (χ4v) is 2.52. The lowest BCUT2D eigenvalue weighted by Gasteiger charge is -2.21. The van der Waals surface area contributed by atoms with Crippen molar-refractivity contribution >= 4 is 17.3 Å². The van der Waals surface area contributed by atoms with Crippen LogP contribution >= 0.6 is 0 Å². The van der Waals surface area contributed by atoms with E-state index in [4.69, 9.17) is 4.74 Å². The molecule has 0 aromatic heterocycles. The number of nitrogens with zero attached hydrogens (tertiary/aromatic N) is 1. The Morgan fingerprint density at radius 3 is 2.29 bits per heavy atom. The number of benzene rings is 2. The Hall–Kier alpha value is -2.49. The maximum Gasteiger partial charge on any atom is 0.265 e. The molecule has 1 unspecified atom stereocenters. The number of amides is 1. The lowest BCUT2D eigenvalue weighted by molar-refractivity contribution is -0.122. The van der Waals surface area contributed by atoms with E-state index in [-0.39, 0.29) is 5.91 Å². The van der Waals surface area contributed by atoms with Crippen LogP contribution in [0.5, 0.6) is 5.75 Å². The van der Waals surface area contributed by atoms with Crippen molar-refractivity contribution in [2.75, 3.05) is 23.3 Å². The average molecular weight is 326 g/mol. The van der Waals surface area contributed by atoms with Gasteiger partial charge in [-0.1, -0.05) is 18.2 Å². The third-order valence-corrected chi connectivity index (χ3v) is 4.03. The Balaban J connectivity index is 1.97. The molecule has 2 aromatic rings. The van der Waals surface area contributed by atoms with Gasteiger partial charge in [0.2, 0.25) is 0 Å². The summed E-state index contributed by atoms with van der Waals surface area (Å²) in [6, 6.07) is 15.6. The molecule has 0 aliphatic carbocycles. The summed E-state index contributed by atoms with van der Waals surface area (Å²) in [5, 5.41) is 2.90. The van der Waals surface area contributed by atoms with Crippen molar-refractivity contribution in [1.29, 1.82) is 0 Å². The number of para-hydroxylation sites is 1. The number of carbonyl (C=O) groups is 1. The van der Waals surface area contributed by atoms with Gasteiger partial charge in [0, 0.05) is 24.5 Å². The molecule has 1 N–H and O–H groups in total. The predicted molar refractivity (Wildman–Crippen MR) is 99.9 cm³/mol. The number of aryl methyl sites for hydroxylation is 1. The van der Waals surface area contributed by atoms with E-state index < -0.39 is 6.10 Å². The number of ether oxygens (including phenoxy) is 1. The van der Waals surface area contributed by atoms with E-state index in [1.807, 2.05) is 55.5 Å². The number of rotatable bonds is 7. The maximum atomic E-state index is 12.3. The highest BCUT2D eigenvalue weighted by atomic mass is 16.5. The molecule has 128 valence electrons. The van der Waals surface area contributed by atoms with Crippen LogP contribution in [-0.2, 0) is 4.79 Å². The lowest BCUT2D eigenvalue weighted by Crippen LogP contribution is -2.30. The molecule has 24 heavy (non-hydrogen) atoms. The zero-order chi connectivity index (χ0) is 17.5. The fourth-order valence-electron chi connectivity index (χ4n) is 2.52. The van der Waals surface area contributed by atoms with Crippen molar-refractivity contribution in [2.24, 2.45) is 0 Å². The third-order valence-electron chi connectivity index (χ3n) is 4.03. The van der Waals surface area contributed by atoms with Crippen LogP contribution in [0.2, 0.25) is 0 Å². The second-order valence-corrected chi connectivity index (χ2v) is 5.73. The van der Waals surface area contributed by atoms with Gasteiger partial charge in [0.05, 0.1) is 0 Å². The van der Waals surface area contributed by atoms with E-state index in [1.54, 1.807) is 6.92 Å². The summed E-state index contributed by atoms with van der Waals surface area (Å²) in [7, 11) is 0. The highest BCUT2D eigenvalue weighted by Crippen LogP contribution is 2.20. The Morgan fingerprint density at radius 2 is 1.71 bits per heavy atom. The molecule has 0 aliphatic rings. The van der Waals surface area contributed by atoms with Gasteiger partial charge in [-0.3, -0.25) is 4.79 Å². The lowest BCUT2D eigenvalue weighted by atomic mass is 10.2. The van der Waals surface area contributed by atoms with Gasteiger partial charge in [0.15, 0.2) is 6.10 Å². The average Bonchev–Trinajstić information content (AvgIpc) is 2.59. The van der Waals surface area contributed by atoms with Gasteiger partial charge in [0.25, 0.3) is 5.91 Å². The molecule has 4 heteroatoms. The van der Waals surface area contributed by atoms with Crippen molar-refractivity contribution in [1.82, 2.24) is 0 Å². The molecule has 2 rings (SSSR count). The third kappa shape index (κ3) is 4.51. The molecule has 1 atom stereocenters. The molecular weight excluding hydrogens is 300 g/mol. The molecule has 0 heterocycles. The minimum atomic E-state index is -0.562. The molecule has 0 radical (unpaired) electrons. The van der Waals surface area contributed by atoms with Gasteiger partial charge in [-0.15, -0.1) is 0 Å². The van der Waals surface area contributed by atoms with E-state index in [0.29, 0.717) is 0 Å². The van der Waals surface area contributed by atoms with Crippen molar-refractivity contribution in [2.45, 2.75) is 33.8 Å². The quantitative estimate of drug-likeness (QED) is 0.827. The zero-order valence-corrected chi connectivity index (χ0v) is 14.9. The SMILES string of the molecule is CCN(CC)c1ccc(NC(=O)C(C)Oc2ccccc2C)cc1. The summed E-state index contributed by atoms with van der Waals surface area (Å²) >= 11 is 0. The van der Waals surface area contributed by atoms with E-state index in [2.05, 4.69) is 24.1 Å². The number of nitrogens with one attached hydrogen (secondary N) is 1. The number of anilines is 2. The fraction of sp³-hybridized carbons (Fsp3) is 0.350. The van der Waals surface area contributed by atoms with Crippen molar-refractivity contribution in [3.05, 3.63) is 54.1 Å². The number of hydrogen-bond donors (Lipinski definition) is 1. The molecule has 1 amide bonds. The molecule has 0 fully saturated rings. The summed E-state index contributed by atoms with van der Waals surface area (Å²) < 4.78 is 5.76. The van der Waals surface area contributed by atoms with Crippen LogP contribution < -0.4 is 15.0 Å². The van der Waals surface area contributed by atoms with Gasteiger partial charge in [-0.05, 0) is 63.6 Å². The molecule has 0 aliphatic heterocycles. The first-order chi connectivity index (χ1) is 11.5. The molecule has 0 spiro atoms. The largest absolute Gasteiger partial charge is 0.481 e. The van der Waals surface area contributed by atoms with Gasteiger partial charge in [-0.2, -0.15) is 0 Å². The van der Waals surface area contributed by atoms with E-state index in [1.165, 1.54) is 0 Å². The Bertz CT molecular complexity index is 664. The Kier molecular flexibility index (Phi) is 6.24. The Morgan fingerprint density at radius 1 is 1.08 bits per heavy atom. The van der Waals surface area contributed by atoms with Gasteiger partial charge >= 0.3 is 0 Å². The predicted octanol–water partition coefficient (Wildman–Crippen LogP) is 4.25. The van der Waals surface area contributed by atoms with Crippen LogP contribution in [0.25, 0.3) is 0 Å². The molecular formula is C20H26N2O2. The monoisotopic (exact) mass is 326 g/mol. The minimum Gasteiger partial charge on any atom is -0.481 e. The summed E-state index contributed by atoms with van der Waals surface area (Å²) in [5.41, 5.74) is 2.94. The minimum absolute atomic E-state index is 0.158. The number of hydrogen-bond acceptors (Lipinski definition) is 3. The van der Waals surface area contributed by atoms with Crippen molar-refractivity contribution in [3.63, 3.8) is 0 Å². The summed E-state index contributed by atoms with van der Waals surface area (Å²) in [5.74, 6) is 0.575. The summed E-state index contributed by atoms with van der Waals surface area (Å²) in [4.78, 5) is 14.6. The van der Waals surface area contributed by atoms with Crippen LogP contribution in [0.3, 0.4) is 0 Å². The second kappa shape index (κ2) is 8.39. The van der Waals surface area contributed by atoms with Crippen molar-refractivity contribution in [3.8, 4) is 5.75 Å². The first-order valence-electron chi connectivity index (χ1n) is 8.43. The molecule has 2 aromatic carbocycles. The van der Waals surface area contributed by atoms with Gasteiger partial charge < -0.3 is 15.0 Å². The maximum absolute atomic E-state index is 12.3. The molecule has 4 nitrogen and oxygen atoms in total. The zero-order valence-electron chi connectivity index (χ0n) is 14.9. The highest BCUT2D eigenvalue weighted by Gasteiger charge is 2.15. The normalized spacial score (nSPS) is 11.7. The van der Waals surface area contributed by atoms with E-state index in [9.17, 15) is 4.79 Å². The van der Waals surface area contributed by atoms with E-state index >= 15 is 0 Å². The second-order valence-electron chi connectivity index (χ2n) is 5.73. The van der Waals surface area contributed by atoms with Crippen LogP contribution in [0.1, 0.15) is 26.3 Å². The topological polar surface area (TPSA) is 41.6 Å². The first kappa shape index (κ1) is 17.9. The summed E-state index contributed by atoms with van der Waals surface area (Å²) in [6.45, 7) is 9.90. The standard InChI is InChI=1S/C20H26N2O2/c1-5-22(6-2)18-13-11-17(12-14-18)21-20(23)16(4)24-19-10-8-7-9-15(19)3/h7-14,16H,5-6H2,1-4H3,(H,21,23). The van der Waals surface area contributed by atoms with Crippen molar-refractivity contribution < 1.29 is 9.53 Å². The molecule has 0 saturated carbocycles. The Labute approximate surface area is 144 Å². The van der Waals surface area contributed by atoms with Gasteiger partial charge in [0.1, 0.15) is 5.75 Å². The molecule has 0 saturated heterocycles. The van der Waals surface area contributed by atoms with Crippen LogP contribution in [0.15, 0.2) is 48.5 Å². The first-order valence-corrected chi connectivity index (χ1v) is 8.43. The van der Waals surface area contributed by atoms with E-state index in [0.717, 1.165) is 35.8 Å². The summed E-state index contributed by atoms with van der Waals surface area (Å²) in [6.07, 6.45) is -0.562. The van der Waals surface area contributed by atoms with Crippen LogP contribution in [0.4, 0.5) is 11.4 Å². The number of carbonyl (C=O) groups excluding carboxylic acids is 1. The van der Waals surface area contributed by atoms with Gasteiger partial charge in [-0.25, -0.2) is 0 Å². The smallest absolute Gasteiger partial charge is 0.265 e. The van der Waals surface area contributed by atoms with Crippen LogP contribution in [-0.4, -0.2) is 25.1 Å². The highest BCUT2D eigenvalue weighted by molar-refractivity contribution is 5.94. The van der Waals surface area contributed by atoms with Crippen LogP contribution in [0, 0.1) is 6.92 Å².